The molecule has 0 radical (unpaired) electrons. The molecule has 10 rings (SSSR count). The van der Waals surface area contributed by atoms with Crippen LogP contribution in [0.5, 0.6) is 0 Å². The average Bonchev–Trinajstić information content (AvgIpc) is 3.72. The van der Waals surface area contributed by atoms with Crippen LogP contribution in [0.25, 0.3) is 89.2 Å². The molecule has 0 bridgehead atoms. The van der Waals surface area contributed by atoms with E-state index in [0.29, 0.717) is 17.5 Å². The zero-order valence-corrected chi connectivity index (χ0v) is 28.3. The van der Waals surface area contributed by atoms with E-state index >= 15 is 0 Å². The highest BCUT2D eigenvalue weighted by molar-refractivity contribution is 6.14. The van der Waals surface area contributed by atoms with E-state index in [-0.39, 0.29) is 10.8 Å². The molecule has 0 unspecified atom stereocenters. The number of benzene rings is 6. The number of para-hydroxylation sites is 2. The summed E-state index contributed by atoms with van der Waals surface area (Å²) in [6, 6.07) is 43.9. The van der Waals surface area contributed by atoms with Gasteiger partial charge in [-0.05, 0) is 63.4 Å². The second kappa shape index (κ2) is 10.2. The molecule has 0 N–H and O–H groups in total. The van der Waals surface area contributed by atoms with Gasteiger partial charge in [0.25, 0.3) is 0 Å². The fraction of sp³-hybridized carbons (Fsp3) is 0.133. The van der Waals surface area contributed by atoms with E-state index in [2.05, 4.69) is 88.4 Å². The molecule has 0 aliphatic heterocycles. The van der Waals surface area contributed by atoms with E-state index in [1.807, 2.05) is 66.7 Å². The Morgan fingerprint density at radius 2 is 1.00 bits per heavy atom. The van der Waals surface area contributed by atoms with Gasteiger partial charge < -0.3 is 8.83 Å². The van der Waals surface area contributed by atoms with Gasteiger partial charge >= 0.3 is 0 Å². The SMILES string of the molecule is CC1(C)c2cc(-c3nc(-c4ccccc4)nc(-c4cccc5oc6ccccc6c45)n3)ccc2-c2c(ccc3oc4ccccc4c23)C1(C)C. The minimum absolute atomic E-state index is 0.183. The second-order valence-electron chi connectivity index (χ2n) is 14.4. The molecule has 5 heteroatoms. The summed E-state index contributed by atoms with van der Waals surface area (Å²) in [6.45, 7) is 9.43. The van der Waals surface area contributed by atoms with Gasteiger partial charge in [0.15, 0.2) is 17.5 Å². The largest absolute Gasteiger partial charge is 0.456 e. The summed E-state index contributed by atoms with van der Waals surface area (Å²) in [5.74, 6) is 1.87. The van der Waals surface area contributed by atoms with Crippen molar-refractivity contribution in [1.82, 2.24) is 15.0 Å². The molecule has 1 aliphatic carbocycles. The molecule has 3 heterocycles. The lowest BCUT2D eigenvalue weighted by atomic mass is 9.55. The quantitative estimate of drug-likeness (QED) is 0.191. The Morgan fingerprint density at radius 3 is 1.74 bits per heavy atom. The molecule has 0 fully saturated rings. The molecule has 0 saturated heterocycles. The Morgan fingerprint density at radius 1 is 0.420 bits per heavy atom. The summed E-state index contributed by atoms with van der Waals surface area (Å²) in [7, 11) is 0. The highest BCUT2D eigenvalue weighted by Gasteiger charge is 2.47. The Kier molecular flexibility index (Phi) is 5.91. The first-order valence-electron chi connectivity index (χ1n) is 17.1. The van der Waals surface area contributed by atoms with Crippen molar-refractivity contribution in [2.75, 3.05) is 0 Å². The maximum atomic E-state index is 6.37. The van der Waals surface area contributed by atoms with Gasteiger partial charge in [-0.3, -0.25) is 0 Å². The van der Waals surface area contributed by atoms with Crippen molar-refractivity contribution in [2.24, 2.45) is 0 Å². The number of fused-ring (bicyclic) bond motifs is 10. The zero-order chi connectivity index (χ0) is 33.8. The smallest absolute Gasteiger partial charge is 0.164 e. The third-order valence-electron chi connectivity index (χ3n) is 11.3. The molecular weight excluding hydrogens is 615 g/mol. The van der Waals surface area contributed by atoms with E-state index < -0.39 is 0 Å². The summed E-state index contributed by atoms with van der Waals surface area (Å²) >= 11 is 0. The lowest BCUT2D eigenvalue weighted by molar-refractivity contribution is 0.299. The molecule has 240 valence electrons. The molecule has 6 aromatic carbocycles. The number of aromatic nitrogens is 3. The van der Waals surface area contributed by atoms with E-state index in [9.17, 15) is 0 Å². The lowest BCUT2D eigenvalue weighted by Gasteiger charge is -2.48. The Bertz CT molecular complexity index is 2820. The van der Waals surface area contributed by atoms with Crippen LogP contribution in [-0.2, 0) is 10.8 Å². The summed E-state index contributed by atoms with van der Waals surface area (Å²) in [5.41, 5.74) is 10.9. The molecule has 0 saturated carbocycles. The minimum atomic E-state index is -0.210. The van der Waals surface area contributed by atoms with Crippen molar-refractivity contribution in [3.63, 3.8) is 0 Å². The number of furan rings is 2. The lowest BCUT2D eigenvalue weighted by Crippen LogP contribution is -2.43. The van der Waals surface area contributed by atoms with Gasteiger partial charge in [0.1, 0.15) is 22.3 Å². The topological polar surface area (TPSA) is 65.0 Å². The first kappa shape index (κ1) is 28.9. The van der Waals surface area contributed by atoms with Crippen molar-refractivity contribution in [3.05, 3.63) is 139 Å². The van der Waals surface area contributed by atoms with Gasteiger partial charge in [-0.2, -0.15) is 0 Å². The molecule has 3 aromatic heterocycles. The number of hydrogen-bond donors (Lipinski definition) is 0. The predicted molar refractivity (Wildman–Crippen MR) is 202 cm³/mol. The molecule has 9 aromatic rings. The van der Waals surface area contributed by atoms with E-state index in [1.54, 1.807) is 0 Å². The maximum Gasteiger partial charge on any atom is 0.164 e. The van der Waals surface area contributed by atoms with Crippen molar-refractivity contribution in [1.29, 1.82) is 0 Å². The number of rotatable bonds is 3. The van der Waals surface area contributed by atoms with Crippen molar-refractivity contribution in [2.45, 2.75) is 38.5 Å². The van der Waals surface area contributed by atoms with E-state index in [1.165, 1.54) is 27.6 Å². The first-order valence-corrected chi connectivity index (χ1v) is 17.1. The third kappa shape index (κ3) is 3.98. The normalized spacial score (nSPS) is 14.7. The van der Waals surface area contributed by atoms with Crippen LogP contribution in [0.2, 0.25) is 0 Å². The van der Waals surface area contributed by atoms with Crippen LogP contribution in [0.15, 0.2) is 136 Å². The minimum Gasteiger partial charge on any atom is -0.456 e. The number of nitrogens with zero attached hydrogens (tertiary/aromatic N) is 3. The van der Waals surface area contributed by atoms with Crippen molar-refractivity contribution < 1.29 is 8.83 Å². The van der Waals surface area contributed by atoms with Crippen LogP contribution < -0.4 is 0 Å². The van der Waals surface area contributed by atoms with Gasteiger partial charge in [-0.1, -0.05) is 125 Å². The van der Waals surface area contributed by atoms with Crippen molar-refractivity contribution >= 4 is 43.9 Å². The highest BCUT2D eigenvalue weighted by atomic mass is 16.3. The Hall–Kier alpha value is -6.07. The standard InChI is InChI=1S/C45H33N3O2/c1-44(2)32-23-24-37-40(30-16-9-11-19-35(30)50-37)39(32)28-22-21-27(25-33(28)45(44,3)4)42-46-41(26-13-6-5-7-14-26)47-43(48-42)31-17-12-20-36-38(31)29-15-8-10-18-34(29)49-36/h5-25H,1-4H3. The van der Waals surface area contributed by atoms with Crippen LogP contribution in [0.1, 0.15) is 38.8 Å². The van der Waals surface area contributed by atoms with Crippen molar-refractivity contribution in [3.8, 4) is 45.3 Å². The van der Waals surface area contributed by atoms with Crippen LogP contribution in [0.3, 0.4) is 0 Å². The number of hydrogen-bond acceptors (Lipinski definition) is 5. The van der Waals surface area contributed by atoms with E-state index in [0.717, 1.165) is 55.2 Å². The molecule has 0 amide bonds. The fourth-order valence-corrected chi connectivity index (χ4v) is 8.01. The summed E-state index contributed by atoms with van der Waals surface area (Å²) in [5, 5.41) is 4.35. The molecule has 1 aliphatic rings. The zero-order valence-electron chi connectivity index (χ0n) is 28.3. The highest BCUT2D eigenvalue weighted by Crippen LogP contribution is 2.57. The van der Waals surface area contributed by atoms with Crippen LogP contribution >= 0.6 is 0 Å². The molecule has 0 atom stereocenters. The van der Waals surface area contributed by atoms with Gasteiger partial charge in [0.2, 0.25) is 0 Å². The monoisotopic (exact) mass is 647 g/mol. The van der Waals surface area contributed by atoms with Gasteiger partial charge in [0, 0.05) is 38.2 Å². The second-order valence-corrected chi connectivity index (χ2v) is 14.4. The molecular formula is C45H33N3O2. The van der Waals surface area contributed by atoms with E-state index in [4.69, 9.17) is 23.8 Å². The van der Waals surface area contributed by atoms with Crippen LogP contribution in [-0.4, -0.2) is 15.0 Å². The van der Waals surface area contributed by atoms with Crippen LogP contribution in [0, 0.1) is 0 Å². The molecule has 5 nitrogen and oxygen atoms in total. The summed E-state index contributed by atoms with van der Waals surface area (Å²) < 4.78 is 12.6. The first-order chi connectivity index (χ1) is 24.3. The molecule has 0 spiro atoms. The van der Waals surface area contributed by atoms with Gasteiger partial charge in [0.05, 0.1) is 0 Å². The maximum absolute atomic E-state index is 6.37. The summed E-state index contributed by atoms with van der Waals surface area (Å²) in [4.78, 5) is 15.4. The van der Waals surface area contributed by atoms with Crippen LogP contribution in [0.4, 0.5) is 0 Å². The summed E-state index contributed by atoms with van der Waals surface area (Å²) in [6.07, 6.45) is 0. The molecule has 50 heavy (non-hydrogen) atoms. The van der Waals surface area contributed by atoms with Gasteiger partial charge in [-0.15, -0.1) is 0 Å². The Labute approximate surface area is 289 Å². The predicted octanol–water partition coefficient (Wildman–Crippen LogP) is 11.9. The average molecular weight is 648 g/mol. The van der Waals surface area contributed by atoms with Gasteiger partial charge in [-0.25, -0.2) is 15.0 Å². The Balaban J connectivity index is 1.23. The fourth-order valence-electron chi connectivity index (χ4n) is 8.01. The third-order valence-corrected chi connectivity index (χ3v) is 11.3.